The van der Waals surface area contributed by atoms with Crippen molar-refractivity contribution in [3.8, 4) is 11.5 Å². The van der Waals surface area contributed by atoms with Crippen molar-refractivity contribution in [1.29, 1.82) is 0 Å². The molecule has 0 fully saturated rings. The first-order chi connectivity index (χ1) is 13.1. The molecule has 142 valence electrons. The van der Waals surface area contributed by atoms with Crippen LogP contribution in [0.25, 0.3) is 0 Å². The van der Waals surface area contributed by atoms with E-state index in [2.05, 4.69) is 40.7 Å². The third-order valence-corrected chi connectivity index (χ3v) is 6.40. The Labute approximate surface area is 164 Å². The summed E-state index contributed by atoms with van der Waals surface area (Å²) in [6.07, 6.45) is 1.05. The molecule has 0 unspecified atom stereocenters. The van der Waals surface area contributed by atoms with Gasteiger partial charge >= 0.3 is 5.17 Å². The van der Waals surface area contributed by atoms with E-state index in [0.717, 1.165) is 35.1 Å². The van der Waals surface area contributed by atoms with Gasteiger partial charge in [-0.25, -0.2) is 9.48 Å². The highest BCUT2D eigenvalue weighted by molar-refractivity contribution is 8.13. The van der Waals surface area contributed by atoms with Crippen LogP contribution in [0.4, 0.5) is 5.69 Å². The molecule has 0 bridgehead atoms. The van der Waals surface area contributed by atoms with Gasteiger partial charge in [0.05, 0.1) is 20.8 Å². The molecular formula is C21H25N2O3S+. The highest BCUT2D eigenvalue weighted by Gasteiger charge is 2.53. The molecule has 2 aliphatic rings. The first-order valence-electron chi connectivity index (χ1n) is 9.13. The van der Waals surface area contributed by atoms with Crippen molar-refractivity contribution in [1.82, 2.24) is 0 Å². The molecule has 1 atom stereocenters. The number of hydrogen-bond donors (Lipinski definition) is 1. The Morgan fingerprint density at radius 1 is 1.11 bits per heavy atom. The van der Waals surface area contributed by atoms with Gasteiger partial charge in [0.15, 0.2) is 18.0 Å². The van der Waals surface area contributed by atoms with Crippen LogP contribution in [0.15, 0.2) is 42.5 Å². The molecule has 5 nitrogen and oxygen atoms in total. The zero-order chi connectivity index (χ0) is 19.0. The number of anilines is 1. The molecule has 0 amide bonds. The Hall–Kier alpha value is -2.18. The van der Waals surface area contributed by atoms with Gasteiger partial charge in [0.25, 0.3) is 5.72 Å². The SMILES string of the molecule is COc1ccc([C@@]2(O)CN(c3cccc(C)c3)C3=[N+]2CCCS3)cc1OC. The Balaban J connectivity index is 1.80. The molecule has 6 heteroatoms. The van der Waals surface area contributed by atoms with Gasteiger partial charge in [0.1, 0.15) is 5.69 Å². The number of rotatable bonds is 4. The van der Waals surface area contributed by atoms with Crippen molar-refractivity contribution in [2.45, 2.75) is 19.1 Å². The molecule has 0 aromatic heterocycles. The third kappa shape index (κ3) is 3.07. The molecule has 2 aromatic carbocycles. The van der Waals surface area contributed by atoms with Crippen molar-refractivity contribution in [2.75, 3.05) is 38.0 Å². The first-order valence-corrected chi connectivity index (χ1v) is 10.1. The summed E-state index contributed by atoms with van der Waals surface area (Å²) in [6, 6.07) is 14.1. The van der Waals surface area contributed by atoms with E-state index in [1.54, 1.807) is 14.2 Å². The number of thioether (sulfide) groups is 1. The fourth-order valence-electron chi connectivity index (χ4n) is 3.83. The topological polar surface area (TPSA) is 44.9 Å². The van der Waals surface area contributed by atoms with E-state index in [-0.39, 0.29) is 0 Å². The number of nitrogens with zero attached hydrogens (tertiary/aromatic N) is 2. The molecule has 0 radical (unpaired) electrons. The van der Waals surface area contributed by atoms with Gasteiger partial charge in [-0.3, -0.25) is 0 Å². The van der Waals surface area contributed by atoms with Crippen LogP contribution < -0.4 is 14.4 Å². The van der Waals surface area contributed by atoms with Crippen LogP contribution in [-0.2, 0) is 5.72 Å². The summed E-state index contributed by atoms with van der Waals surface area (Å²) in [7, 11) is 3.24. The van der Waals surface area contributed by atoms with Gasteiger partial charge in [-0.15, -0.1) is 0 Å². The molecule has 0 aliphatic carbocycles. The standard InChI is InChI=1S/C21H25N2O3S/c1-15-6-4-7-17(12-15)22-14-21(24,23-10-5-11-27-20(22)23)16-8-9-18(25-2)19(13-16)26-3/h4,6-9,12-13,24H,5,10-11,14H2,1-3H3/q+1/t21-/m0/s1. The molecule has 0 spiro atoms. The molecule has 27 heavy (non-hydrogen) atoms. The van der Waals surface area contributed by atoms with E-state index >= 15 is 0 Å². The zero-order valence-corrected chi connectivity index (χ0v) is 16.8. The summed E-state index contributed by atoms with van der Waals surface area (Å²) >= 11 is 1.81. The van der Waals surface area contributed by atoms with Crippen molar-refractivity contribution >= 4 is 22.6 Å². The van der Waals surface area contributed by atoms with Crippen LogP contribution in [0.1, 0.15) is 17.5 Å². The summed E-state index contributed by atoms with van der Waals surface area (Å²) < 4.78 is 13.0. The number of aliphatic hydroxyl groups is 1. The summed E-state index contributed by atoms with van der Waals surface area (Å²) in [5.74, 6) is 2.36. The zero-order valence-electron chi connectivity index (χ0n) is 15.9. The number of amidine groups is 1. The second kappa shape index (κ2) is 7.09. The Morgan fingerprint density at radius 3 is 2.67 bits per heavy atom. The van der Waals surface area contributed by atoms with E-state index in [1.807, 2.05) is 30.0 Å². The van der Waals surface area contributed by atoms with Crippen LogP contribution in [0.2, 0.25) is 0 Å². The van der Waals surface area contributed by atoms with Gasteiger partial charge in [-0.05, 0) is 61.0 Å². The molecule has 1 N–H and O–H groups in total. The average Bonchev–Trinajstić information content (AvgIpc) is 3.02. The molecule has 2 aliphatic heterocycles. The minimum Gasteiger partial charge on any atom is -0.493 e. The van der Waals surface area contributed by atoms with Gasteiger partial charge in [0, 0.05) is 11.3 Å². The summed E-state index contributed by atoms with van der Waals surface area (Å²) in [5, 5.41) is 12.9. The normalized spacial score (nSPS) is 22.0. The maximum atomic E-state index is 11.8. The van der Waals surface area contributed by atoms with Crippen molar-refractivity contribution in [3.05, 3.63) is 53.6 Å². The van der Waals surface area contributed by atoms with Crippen molar-refractivity contribution in [3.63, 3.8) is 0 Å². The maximum Gasteiger partial charge on any atom is 0.316 e. The van der Waals surface area contributed by atoms with Gasteiger partial charge in [0.2, 0.25) is 0 Å². The number of benzene rings is 2. The van der Waals surface area contributed by atoms with E-state index < -0.39 is 5.72 Å². The number of methoxy groups -OCH3 is 2. The summed E-state index contributed by atoms with van der Waals surface area (Å²) in [5.41, 5.74) is 2.03. The average molecular weight is 386 g/mol. The number of β-amino-alcohol motifs (C(OH)–C–C–N with tert-alkyl or cyclic N) is 1. The molecule has 4 rings (SSSR count). The van der Waals surface area contributed by atoms with Crippen LogP contribution >= 0.6 is 11.8 Å². The second-order valence-electron chi connectivity index (χ2n) is 6.95. The highest BCUT2D eigenvalue weighted by Crippen LogP contribution is 2.40. The number of ether oxygens (including phenoxy) is 2. The second-order valence-corrected chi connectivity index (χ2v) is 8.01. The molecular weight excluding hydrogens is 360 g/mol. The lowest BCUT2D eigenvalue weighted by molar-refractivity contribution is -0.656. The summed E-state index contributed by atoms with van der Waals surface area (Å²) in [4.78, 5) is 2.23. The monoisotopic (exact) mass is 385 g/mol. The Bertz CT molecular complexity index is 899. The molecule has 0 saturated carbocycles. The van der Waals surface area contributed by atoms with Crippen LogP contribution in [0.5, 0.6) is 11.5 Å². The lowest BCUT2D eigenvalue weighted by atomic mass is 10.0. The smallest absolute Gasteiger partial charge is 0.316 e. The molecule has 2 heterocycles. The highest BCUT2D eigenvalue weighted by atomic mass is 32.2. The predicted octanol–water partition coefficient (Wildman–Crippen LogP) is 3.18. The predicted molar refractivity (Wildman–Crippen MR) is 109 cm³/mol. The van der Waals surface area contributed by atoms with Crippen molar-refractivity contribution in [2.24, 2.45) is 0 Å². The minimum absolute atomic E-state index is 0.480. The van der Waals surface area contributed by atoms with Gasteiger partial charge < -0.3 is 14.6 Å². The first kappa shape index (κ1) is 18.2. The van der Waals surface area contributed by atoms with Gasteiger partial charge in [-0.1, -0.05) is 12.1 Å². The van der Waals surface area contributed by atoms with E-state index in [1.165, 1.54) is 5.56 Å². The quantitative estimate of drug-likeness (QED) is 0.819. The minimum atomic E-state index is -1.11. The fraction of sp³-hybridized carbons (Fsp3) is 0.381. The van der Waals surface area contributed by atoms with E-state index in [0.29, 0.717) is 18.0 Å². The largest absolute Gasteiger partial charge is 0.493 e. The van der Waals surface area contributed by atoms with Crippen LogP contribution in [-0.4, -0.2) is 47.9 Å². The van der Waals surface area contributed by atoms with Crippen LogP contribution in [0, 0.1) is 6.92 Å². The molecule has 0 saturated heterocycles. The number of aryl methyl sites for hydroxylation is 1. The summed E-state index contributed by atoms with van der Waals surface area (Å²) in [6.45, 7) is 3.40. The van der Waals surface area contributed by atoms with E-state index in [9.17, 15) is 5.11 Å². The Morgan fingerprint density at radius 2 is 1.93 bits per heavy atom. The lowest BCUT2D eigenvalue weighted by Gasteiger charge is -2.25. The maximum absolute atomic E-state index is 11.8. The van der Waals surface area contributed by atoms with E-state index in [4.69, 9.17) is 9.47 Å². The number of hydrogen-bond acceptors (Lipinski definition) is 5. The lowest BCUT2D eigenvalue weighted by Crippen LogP contribution is -2.41. The van der Waals surface area contributed by atoms with Crippen molar-refractivity contribution < 1.29 is 19.2 Å². The van der Waals surface area contributed by atoms with Gasteiger partial charge in [-0.2, -0.15) is 0 Å². The fourth-order valence-corrected chi connectivity index (χ4v) is 5.01. The molecule has 2 aromatic rings. The Kier molecular flexibility index (Phi) is 4.78. The van der Waals surface area contributed by atoms with Crippen LogP contribution in [0.3, 0.4) is 0 Å². The third-order valence-electron chi connectivity index (χ3n) is 5.20.